The number of imidazole rings is 1. The molecular formula is C18H19N5O4. The van der Waals surface area contributed by atoms with Gasteiger partial charge in [0.15, 0.2) is 11.5 Å². The lowest BCUT2D eigenvalue weighted by Crippen LogP contribution is -2.44. The Hall–Kier alpha value is -3.23. The van der Waals surface area contributed by atoms with Crippen molar-refractivity contribution in [3.05, 3.63) is 35.9 Å². The van der Waals surface area contributed by atoms with Gasteiger partial charge in [-0.15, -0.1) is 0 Å². The van der Waals surface area contributed by atoms with Gasteiger partial charge in [0.2, 0.25) is 12.7 Å². The molecule has 9 nitrogen and oxygen atoms in total. The Morgan fingerprint density at radius 1 is 1.19 bits per heavy atom. The van der Waals surface area contributed by atoms with Gasteiger partial charge >= 0.3 is 6.03 Å². The van der Waals surface area contributed by atoms with Crippen molar-refractivity contribution in [2.45, 2.75) is 13.0 Å². The van der Waals surface area contributed by atoms with Gasteiger partial charge in [0.05, 0.1) is 24.3 Å². The molecule has 9 heteroatoms. The first kappa shape index (κ1) is 16.0. The van der Waals surface area contributed by atoms with Crippen LogP contribution in [0, 0.1) is 0 Å². The standard InChI is InChI=1S/C18H19N5O4/c24-17(21-4-3-13-14(8-21)20-10-19-13)9-22-5-6-23(18(22)25)12-1-2-15-16(7-12)27-11-26-15/h1-2,7,10H,3-6,8-9,11H2,(H,19,20). The SMILES string of the molecule is O=C(CN1CCN(c2ccc3c(c2)OCO3)C1=O)N1CCc2nc[nH]c2C1. The van der Waals surface area contributed by atoms with E-state index in [-0.39, 0.29) is 25.3 Å². The molecule has 0 radical (unpaired) electrons. The number of fused-ring (bicyclic) bond motifs is 2. The molecule has 0 unspecified atom stereocenters. The van der Waals surface area contributed by atoms with Crippen LogP contribution in [0.3, 0.4) is 0 Å². The molecule has 27 heavy (non-hydrogen) atoms. The predicted octanol–water partition coefficient (Wildman–Crippen LogP) is 0.965. The van der Waals surface area contributed by atoms with E-state index in [0.29, 0.717) is 37.7 Å². The Morgan fingerprint density at radius 2 is 2.07 bits per heavy atom. The van der Waals surface area contributed by atoms with Crippen molar-refractivity contribution < 1.29 is 19.1 Å². The average Bonchev–Trinajstić information content (AvgIpc) is 3.40. The highest BCUT2D eigenvalue weighted by atomic mass is 16.7. The van der Waals surface area contributed by atoms with E-state index in [0.717, 1.165) is 23.5 Å². The number of aromatic nitrogens is 2. The monoisotopic (exact) mass is 369 g/mol. The topological polar surface area (TPSA) is 91.0 Å². The summed E-state index contributed by atoms with van der Waals surface area (Å²) in [4.78, 5) is 37.8. The quantitative estimate of drug-likeness (QED) is 0.870. The summed E-state index contributed by atoms with van der Waals surface area (Å²) in [7, 11) is 0. The van der Waals surface area contributed by atoms with Gasteiger partial charge in [-0.3, -0.25) is 9.69 Å². The Bertz CT molecular complexity index is 911. The number of anilines is 1. The number of nitrogens with zero attached hydrogens (tertiary/aromatic N) is 4. The van der Waals surface area contributed by atoms with Gasteiger partial charge in [-0.2, -0.15) is 0 Å². The van der Waals surface area contributed by atoms with Gasteiger partial charge in [-0.25, -0.2) is 9.78 Å². The molecule has 3 amide bonds. The number of H-pyrrole nitrogens is 1. The first-order valence-corrected chi connectivity index (χ1v) is 8.94. The third kappa shape index (κ3) is 2.75. The minimum absolute atomic E-state index is 0.0452. The van der Waals surface area contributed by atoms with Gasteiger partial charge < -0.3 is 24.3 Å². The summed E-state index contributed by atoms with van der Waals surface area (Å²) >= 11 is 0. The van der Waals surface area contributed by atoms with E-state index in [1.54, 1.807) is 33.2 Å². The second-order valence-electron chi connectivity index (χ2n) is 6.79. The number of rotatable bonds is 3. The highest BCUT2D eigenvalue weighted by Gasteiger charge is 2.33. The average molecular weight is 369 g/mol. The predicted molar refractivity (Wildman–Crippen MR) is 94.6 cm³/mol. The van der Waals surface area contributed by atoms with Crippen molar-refractivity contribution in [1.82, 2.24) is 19.8 Å². The Labute approximate surface area is 155 Å². The van der Waals surface area contributed by atoms with E-state index in [4.69, 9.17) is 9.47 Å². The van der Waals surface area contributed by atoms with E-state index in [2.05, 4.69) is 9.97 Å². The smallest absolute Gasteiger partial charge is 0.325 e. The molecule has 3 aliphatic rings. The van der Waals surface area contributed by atoms with Crippen molar-refractivity contribution in [3.63, 3.8) is 0 Å². The summed E-state index contributed by atoms with van der Waals surface area (Å²) in [6.07, 6.45) is 2.40. The number of aromatic amines is 1. The van der Waals surface area contributed by atoms with Crippen molar-refractivity contribution in [2.75, 3.05) is 37.9 Å². The number of nitrogens with one attached hydrogen (secondary N) is 1. The van der Waals surface area contributed by atoms with Gasteiger partial charge in [0.25, 0.3) is 0 Å². The maximum atomic E-state index is 12.8. The molecule has 140 valence electrons. The van der Waals surface area contributed by atoms with Crippen LogP contribution >= 0.6 is 0 Å². The van der Waals surface area contributed by atoms with Crippen molar-refractivity contribution in [1.29, 1.82) is 0 Å². The zero-order chi connectivity index (χ0) is 18.4. The molecular weight excluding hydrogens is 350 g/mol. The molecule has 3 aliphatic heterocycles. The normalized spacial score (nSPS) is 18.2. The lowest BCUT2D eigenvalue weighted by molar-refractivity contribution is -0.132. The van der Waals surface area contributed by atoms with Gasteiger partial charge in [0.1, 0.15) is 6.54 Å². The summed E-state index contributed by atoms with van der Waals surface area (Å²) < 4.78 is 10.7. The van der Waals surface area contributed by atoms with E-state index >= 15 is 0 Å². The lowest BCUT2D eigenvalue weighted by Gasteiger charge is -2.28. The molecule has 0 aliphatic carbocycles. The number of benzene rings is 1. The van der Waals surface area contributed by atoms with Crippen LogP contribution in [0.25, 0.3) is 0 Å². The van der Waals surface area contributed by atoms with Crippen molar-refractivity contribution in [3.8, 4) is 11.5 Å². The van der Waals surface area contributed by atoms with E-state index < -0.39 is 0 Å². The fourth-order valence-corrected chi connectivity index (χ4v) is 3.71. The van der Waals surface area contributed by atoms with Crippen molar-refractivity contribution in [2.24, 2.45) is 0 Å². The zero-order valence-corrected chi connectivity index (χ0v) is 14.7. The minimum atomic E-state index is -0.165. The summed E-state index contributed by atoms with van der Waals surface area (Å²) in [6, 6.07) is 5.27. The highest BCUT2D eigenvalue weighted by molar-refractivity contribution is 5.96. The number of hydrogen-bond donors (Lipinski definition) is 1. The first-order valence-electron chi connectivity index (χ1n) is 8.94. The molecule has 1 aromatic carbocycles. The van der Waals surface area contributed by atoms with Crippen LogP contribution in [0.1, 0.15) is 11.4 Å². The van der Waals surface area contributed by atoms with Gasteiger partial charge in [-0.1, -0.05) is 0 Å². The summed E-state index contributed by atoms with van der Waals surface area (Å²) in [5, 5.41) is 0. The van der Waals surface area contributed by atoms with Crippen LogP contribution in [-0.4, -0.2) is 64.7 Å². The number of carbonyl (C=O) groups excluding carboxylic acids is 2. The summed E-state index contributed by atoms with van der Waals surface area (Å²) in [6.45, 7) is 2.48. The van der Waals surface area contributed by atoms with Crippen LogP contribution < -0.4 is 14.4 Å². The molecule has 0 bridgehead atoms. The Balaban J connectivity index is 1.25. The number of urea groups is 1. The lowest BCUT2D eigenvalue weighted by atomic mass is 10.1. The molecule has 1 N–H and O–H groups in total. The Kier molecular flexibility index (Phi) is 3.66. The highest BCUT2D eigenvalue weighted by Crippen LogP contribution is 2.36. The van der Waals surface area contributed by atoms with Crippen LogP contribution in [0.5, 0.6) is 11.5 Å². The third-order valence-electron chi connectivity index (χ3n) is 5.22. The van der Waals surface area contributed by atoms with E-state index in [9.17, 15) is 9.59 Å². The molecule has 4 heterocycles. The maximum absolute atomic E-state index is 12.8. The van der Waals surface area contributed by atoms with Gasteiger partial charge in [0, 0.05) is 37.8 Å². The number of carbonyl (C=O) groups is 2. The molecule has 0 saturated carbocycles. The molecule has 2 aromatic rings. The van der Waals surface area contributed by atoms with Gasteiger partial charge in [-0.05, 0) is 12.1 Å². The summed E-state index contributed by atoms with van der Waals surface area (Å²) in [5.41, 5.74) is 2.74. The summed E-state index contributed by atoms with van der Waals surface area (Å²) in [5.74, 6) is 1.27. The molecule has 0 spiro atoms. The first-order chi connectivity index (χ1) is 13.2. The fraction of sp³-hybridized carbons (Fsp3) is 0.389. The van der Waals surface area contributed by atoms with E-state index in [1.165, 1.54) is 0 Å². The Morgan fingerprint density at radius 3 is 3.00 bits per heavy atom. The number of ether oxygens (including phenoxy) is 2. The molecule has 1 aromatic heterocycles. The number of hydrogen-bond acceptors (Lipinski definition) is 5. The zero-order valence-electron chi connectivity index (χ0n) is 14.7. The maximum Gasteiger partial charge on any atom is 0.325 e. The minimum Gasteiger partial charge on any atom is -0.454 e. The molecule has 0 atom stereocenters. The van der Waals surface area contributed by atoms with E-state index in [1.807, 2.05) is 6.07 Å². The van der Waals surface area contributed by atoms with Crippen molar-refractivity contribution >= 4 is 17.6 Å². The second-order valence-corrected chi connectivity index (χ2v) is 6.79. The van der Waals surface area contributed by atoms with Crippen LogP contribution in [0.4, 0.5) is 10.5 Å². The third-order valence-corrected chi connectivity index (χ3v) is 5.22. The molecule has 1 saturated heterocycles. The van der Waals surface area contributed by atoms with Crippen LogP contribution in [0.2, 0.25) is 0 Å². The molecule has 1 fully saturated rings. The largest absolute Gasteiger partial charge is 0.454 e. The second kappa shape index (κ2) is 6.19. The number of amides is 3. The van der Waals surface area contributed by atoms with Crippen LogP contribution in [-0.2, 0) is 17.8 Å². The fourth-order valence-electron chi connectivity index (χ4n) is 3.71. The van der Waals surface area contributed by atoms with Crippen LogP contribution in [0.15, 0.2) is 24.5 Å². The molecule has 5 rings (SSSR count).